The van der Waals surface area contributed by atoms with Crippen LogP contribution >= 0.6 is 0 Å². The zero-order valence-corrected chi connectivity index (χ0v) is 11.5. The number of carbonyl (C=O) groups excluding carboxylic acids is 1. The van der Waals surface area contributed by atoms with E-state index in [4.69, 9.17) is 10.5 Å². The molecular weight excluding hydrogens is 240 g/mol. The summed E-state index contributed by atoms with van der Waals surface area (Å²) in [5.74, 6) is 0.169. The van der Waals surface area contributed by atoms with Gasteiger partial charge >= 0.3 is 0 Å². The summed E-state index contributed by atoms with van der Waals surface area (Å²) < 4.78 is 5.35. The number of benzene rings is 1. The van der Waals surface area contributed by atoms with Gasteiger partial charge in [0.25, 0.3) is 0 Å². The lowest BCUT2D eigenvalue weighted by atomic mass is 10.0. The molecule has 1 aromatic carbocycles. The Morgan fingerprint density at radius 3 is 2.84 bits per heavy atom. The van der Waals surface area contributed by atoms with E-state index in [2.05, 4.69) is 0 Å². The largest absolute Gasteiger partial charge is 0.380 e. The minimum atomic E-state index is 0.169. The molecule has 1 unspecified atom stereocenters. The van der Waals surface area contributed by atoms with Crippen molar-refractivity contribution in [2.45, 2.75) is 31.9 Å². The number of hydrogen-bond donors (Lipinski definition) is 1. The van der Waals surface area contributed by atoms with Crippen LogP contribution in [0.25, 0.3) is 0 Å². The highest BCUT2D eigenvalue weighted by atomic mass is 16.5. The van der Waals surface area contributed by atoms with Crippen molar-refractivity contribution in [3.8, 4) is 0 Å². The van der Waals surface area contributed by atoms with Gasteiger partial charge < -0.3 is 15.4 Å². The number of methoxy groups -OCH3 is 1. The second-order valence-corrected chi connectivity index (χ2v) is 4.99. The fourth-order valence-electron chi connectivity index (χ4n) is 2.56. The van der Waals surface area contributed by atoms with E-state index >= 15 is 0 Å². The van der Waals surface area contributed by atoms with Crippen LogP contribution in [0, 0.1) is 0 Å². The Labute approximate surface area is 114 Å². The molecular formula is C15H22N2O2. The van der Waals surface area contributed by atoms with Gasteiger partial charge in [-0.3, -0.25) is 4.79 Å². The number of rotatable bonds is 4. The maximum absolute atomic E-state index is 12.3. The van der Waals surface area contributed by atoms with Gasteiger partial charge in [-0.15, -0.1) is 0 Å². The van der Waals surface area contributed by atoms with Gasteiger partial charge in [-0.05, 0) is 24.0 Å². The van der Waals surface area contributed by atoms with Crippen molar-refractivity contribution >= 4 is 5.91 Å². The summed E-state index contributed by atoms with van der Waals surface area (Å²) in [6.45, 7) is 2.02. The Hall–Kier alpha value is -1.39. The van der Waals surface area contributed by atoms with Crippen molar-refractivity contribution in [2.24, 2.45) is 5.73 Å². The molecule has 0 radical (unpaired) electrons. The van der Waals surface area contributed by atoms with Gasteiger partial charge in [-0.1, -0.05) is 24.3 Å². The van der Waals surface area contributed by atoms with E-state index in [0.29, 0.717) is 19.5 Å². The molecule has 1 atom stereocenters. The van der Waals surface area contributed by atoms with Crippen LogP contribution in [0.4, 0.5) is 0 Å². The topological polar surface area (TPSA) is 55.6 Å². The average Bonchev–Trinajstić information content (AvgIpc) is 2.47. The molecule has 0 spiro atoms. The molecule has 1 aliphatic heterocycles. The van der Waals surface area contributed by atoms with E-state index in [1.165, 1.54) is 0 Å². The molecule has 0 bridgehead atoms. The number of ether oxygens (including phenoxy) is 1. The van der Waals surface area contributed by atoms with Crippen LogP contribution in [0.1, 0.15) is 24.0 Å². The van der Waals surface area contributed by atoms with Crippen molar-refractivity contribution in [3.63, 3.8) is 0 Å². The third-order valence-corrected chi connectivity index (χ3v) is 3.74. The molecule has 1 heterocycles. The molecule has 4 heteroatoms. The predicted molar refractivity (Wildman–Crippen MR) is 74.6 cm³/mol. The zero-order valence-electron chi connectivity index (χ0n) is 11.5. The van der Waals surface area contributed by atoms with Crippen molar-refractivity contribution < 1.29 is 9.53 Å². The first-order chi connectivity index (χ1) is 9.24. The minimum Gasteiger partial charge on any atom is -0.380 e. The second kappa shape index (κ2) is 6.68. The van der Waals surface area contributed by atoms with Gasteiger partial charge in [0.1, 0.15) is 0 Å². The molecule has 2 rings (SSSR count). The molecule has 1 saturated heterocycles. The molecule has 1 aliphatic rings. The van der Waals surface area contributed by atoms with Gasteiger partial charge in [-0.25, -0.2) is 0 Å². The minimum absolute atomic E-state index is 0.169. The van der Waals surface area contributed by atoms with Crippen LogP contribution in [0.5, 0.6) is 0 Å². The number of piperidine rings is 1. The number of amides is 1. The van der Waals surface area contributed by atoms with Crippen LogP contribution in [0.3, 0.4) is 0 Å². The van der Waals surface area contributed by atoms with E-state index in [-0.39, 0.29) is 12.0 Å². The van der Waals surface area contributed by atoms with E-state index in [0.717, 1.165) is 30.5 Å². The standard InChI is InChI=1S/C15H22N2O2/c1-19-14-7-4-8-17(11-14)15(18)9-12-5-2-3-6-13(12)10-16/h2-3,5-6,14H,4,7-11,16H2,1H3. The number of nitrogens with two attached hydrogens (primary N) is 1. The Balaban J connectivity index is 2.00. The maximum atomic E-state index is 12.3. The fourth-order valence-corrected chi connectivity index (χ4v) is 2.56. The van der Waals surface area contributed by atoms with Crippen LogP contribution in [0.15, 0.2) is 24.3 Å². The Kier molecular flexibility index (Phi) is 4.93. The van der Waals surface area contributed by atoms with Gasteiger partial charge in [-0.2, -0.15) is 0 Å². The Morgan fingerprint density at radius 1 is 1.42 bits per heavy atom. The molecule has 0 aliphatic carbocycles. The van der Waals surface area contributed by atoms with Crippen LogP contribution in [-0.4, -0.2) is 37.1 Å². The molecule has 4 nitrogen and oxygen atoms in total. The maximum Gasteiger partial charge on any atom is 0.227 e. The molecule has 1 amide bonds. The van der Waals surface area contributed by atoms with E-state index in [1.807, 2.05) is 29.2 Å². The highest BCUT2D eigenvalue weighted by molar-refractivity contribution is 5.79. The van der Waals surface area contributed by atoms with Gasteiger partial charge in [0, 0.05) is 26.7 Å². The molecule has 1 fully saturated rings. The monoisotopic (exact) mass is 262 g/mol. The molecule has 19 heavy (non-hydrogen) atoms. The summed E-state index contributed by atoms with van der Waals surface area (Å²) >= 11 is 0. The Morgan fingerprint density at radius 2 is 2.16 bits per heavy atom. The van der Waals surface area contributed by atoms with Crippen LogP contribution in [0.2, 0.25) is 0 Å². The van der Waals surface area contributed by atoms with E-state index in [1.54, 1.807) is 7.11 Å². The summed E-state index contributed by atoms with van der Waals surface area (Å²) in [5.41, 5.74) is 7.79. The highest BCUT2D eigenvalue weighted by Crippen LogP contribution is 2.15. The van der Waals surface area contributed by atoms with Crippen molar-refractivity contribution in [1.29, 1.82) is 0 Å². The fraction of sp³-hybridized carbons (Fsp3) is 0.533. The first-order valence-corrected chi connectivity index (χ1v) is 6.82. The van der Waals surface area contributed by atoms with Crippen LogP contribution < -0.4 is 5.73 Å². The SMILES string of the molecule is COC1CCCN(C(=O)Cc2ccccc2CN)C1. The molecule has 2 N–H and O–H groups in total. The lowest BCUT2D eigenvalue weighted by molar-refractivity contribution is -0.134. The lowest BCUT2D eigenvalue weighted by Gasteiger charge is -2.32. The molecule has 0 aromatic heterocycles. The zero-order chi connectivity index (χ0) is 13.7. The average molecular weight is 262 g/mol. The third-order valence-electron chi connectivity index (χ3n) is 3.74. The summed E-state index contributed by atoms with van der Waals surface area (Å²) in [4.78, 5) is 14.2. The predicted octanol–water partition coefficient (Wildman–Crippen LogP) is 1.33. The van der Waals surface area contributed by atoms with Gasteiger partial charge in [0.15, 0.2) is 0 Å². The smallest absolute Gasteiger partial charge is 0.227 e. The van der Waals surface area contributed by atoms with Crippen molar-refractivity contribution in [1.82, 2.24) is 4.90 Å². The van der Waals surface area contributed by atoms with Gasteiger partial charge in [0.2, 0.25) is 5.91 Å². The number of likely N-dealkylation sites (tertiary alicyclic amines) is 1. The number of hydrogen-bond acceptors (Lipinski definition) is 3. The summed E-state index contributed by atoms with van der Waals surface area (Å²) in [5, 5.41) is 0. The van der Waals surface area contributed by atoms with Crippen molar-refractivity contribution in [3.05, 3.63) is 35.4 Å². The molecule has 1 aromatic rings. The number of nitrogens with zero attached hydrogens (tertiary/aromatic N) is 1. The summed E-state index contributed by atoms with van der Waals surface area (Å²) in [6.07, 6.45) is 2.68. The second-order valence-electron chi connectivity index (χ2n) is 4.99. The molecule has 104 valence electrons. The first kappa shape index (κ1) is 14.0. The lowest BCUT2D eigenvalue weighted by Crippen LogP contribution is -2.43. The van der Waals surface area contributed by atoms with Gasteiger partial charge in [0.05, 0.1) is 12.5 Å². The van der Waals surface area contributed by atoms with E-state index in [9.17, 15) is 4.79 Å². The van der Waals surface area contributed by atoms with Crippen molar-refractivity contribution in [2.75, 3.05) is 20.2 Å². The van der Waals surface area contributed by atoms with Crippen LogP contribution in [-0.2, 0) is 22.5 Å². The number of carbonyl (C=O) groups is 1. The first-order valence-electron chi connectivity index (χ1n) is 6.82. The third kappa shape index (κ3) is 3.55. The normalized spacial score (nSPS) is 19.5. The summed E-state index contributed by atoms with van der Waals surface area (Å²) in [6, 6.07) is 7.88. The van der Waals surface area contributed by atoms with E-state index < -0.39 is 0 Å². The quantitative estimate of drug-likeness (QED) is 0.890. The summed E-state index contributed by atoms with van der Waals surface area (Å²) in [7, 11) is 1.71. The molecule has 0 saturated carbocycles. The highest BCUT2D eigenvalue weighted by Gasteiger charge is 2.23. The Bertz CT molecular complexity index is 434.